The summed E-state index contributed by atoms with van der Waals surface area (Å²) in [6.07, 6.45) is 1.94. The van der Waals surface area contributed by atoms with E-state index in [4.69, 9.17) is 10.9 Å². The van der Waals surface area contributed by atoms with Crippen molar-refractivity contribution in [2.75, 3.05) is 18.1 Å². The second kappa shape index (κ2) is 5.44. The third kappa shape index (κ3) is 2.49. The van der Waals surface area contributed by atoms with E-state index in [1.807, 2.05) is 24.8 Å². The summed E-state index contributed by atoms with van der Waals surface area (Å²) >= 11 is 0. The molecule has 6 heteroatoms. The quantitative estimate of drug-likeness (QED) is 0.324. The van der Waals surface area contributed by atoms with Crippen LogP contribution in [0.3, 0.4) is 0 Å². The van der Waals surface area contributed by atoms with Gasteiger partial charge in [-0.2, -0.15) is 0 Å². The molecule has 104 valence electrons. The normalized spacial score (nSPS) is 20.1. The minimum absolute atomic E-state index is 0.0546. The molecule has 1 aromatic heterocycles. The highest BCUT2D eigenvalue weighted by Crippen LogP contribution is 2.29. The van der Waals surface area contributed by atoms with Crippen molar-refractivity contribution in [2.45, 2.75) is 32.7 Å². The second-order valence-corrected chi connectivity index (χ2v) is 4.94. The second-order valence-electron chi connectivity index (χ2n) is 4.94. The molecular weight excluding hydrogens is 244 g/mol. The van der Waals surface area contributed by atoms with E-state index in [0.717, 1.165) is 30.6 Å². The third-order valence-corrected chi connectivity index (χ3v) is 3.55. The number of hydrogen-bond acceptors (Lipinski definition) is 5. The molecule has 0 aromatic carbocycles. The topological polar surface area (TPSA) is 95.0 Å². The first-order valence-electron chi connectivity index (χ1n) is 6.42. The number of nitrogens with zero attached hydrogens (tertiary/aromatic N) is 3. The summed E-state index contributed by atoms with van der Waals surface area (Å²) < 4.78 is 0. The molecule has 0 bridgehead atoms. The average Bonchev–Trinajstić information content (AvgIpc) is 2.85. The molecule has 19 heavy (non-hydrogen) atoms. The lowest BCUT2D eigenvalue weighted by molar-refractivity contribution is 0.266. The lowest BCUT2D eigenvalue weighted by Gasteiger charge is -2.27. The van der Waals surface area contributed by atoms with Crippen LogP contribution in [0.5, 0.6) is 0 Å². The van der Waals surface area contributed by atoms with E-state index in [0.29, 0.717) is 11.4 Å². The molecule has 0 amide bonds. The molecule has 0 saturated carbocycles. The number of aliphatic hydroxyl groups excluding tert-OH is 1. The van der Waals surface area contributed by atoms with Gasteiger partial charge in [0.2, 0.25) is 0 Å². The summed E-state index contributed by atoms with van der Waals surface area (Å²) in [7, 11) is 0. The molecule has 0 radical (unpaired) electrons. The van der Waals surface area contributed by atoms with E-state index < -0.39 is 0 Å². The first-order valence-corrected chi connectivity index (χ1v) is 6.42. The fourth-order valence-corrected chi connectivity index (χ4v) is 2.70. The Balaban J connectivity index is 2.54. The zero-order chi connectivity index (χ0) is 14.0. The zero-order valence-electron chi connectivity index (χ0n) is 11.3. The molecule has 2 heterocycles. The lowest BCUT2D eigenvalue weighted by Crippen LogP contribution is -2.35. The van der Waals surface area contributed by atoms with Crippen molar-refractivity contribution in [1.82, 2.24) is 4.98 Å². The highest BCUT2D eigenvalue weighted by atomic mass is 16.4. The van der Waals surface area contributed by atoms with E-state index in [2.05, 4.69) is 10.1 Å². The van der Waals surface area contributed by atoms with Gasteiger partial charge in [0, 0.05) is 12.2 Å². The van der Waals surface area contributed by atoms with Gasteiger partial charge in [-0.25, -0.2) is 4.98 Å². The van der Waals surface area contributed by atoms with Crippen LogP contribution in [0.1, 0.15) is 29.7 Å². The molecule has 1 aliphatic rings. The van der Waals surface area contributed by atoms with E-state index in [1.54, 1.807) is 0 Å². The van der Waals surface area contributed by atoms with E-state index in [9.17, 15) is 5.11 Å². The first kappa shape index (κ1) is 13.6. The number of oxime groups is 1. The Bertz CT molecular complexity index is 502. The van der Waals surface area contributed by atoms with Crippen LogP contribution in [0, 0.1) is 13.8 Å². The van der Waals surface area contributed by atoms with Gasteiger partial charge in [-0.1, -0.05) is 5.16 Å². The Morgan fingerprint density at radius 1 is 1.58 bits per heavy atom. The van der Waals surface area contributed by atoms with Crippen molar-refractivity contribution in [3.63, 3.8) is 0 Å². The number of amidine groups is 1. The van der Waals surface area contributed by atoms with Gasteiger partial charge in [0.15, 0.2) is 5.84 Å². The van der Waals surface area contributed by atoms with Crippen LogP contribution in [0.15, 0.2) is 11.2 Å². The van der Waals surface area contributed by atoms with Crippen LogP contribution in [0.4, 0.5) is 5.82 Å². The monoisotopic (exact) mass is 264 g/mol. The summed E-state index contributed by atoms with van der Waals surface area (Å²) in [5.41, 5.74) is 8.22. The molecule has 4 N–H and O–H groups in total. The van der Waals surface area contributed by atoms with Gasteiger partial charge in [0.05, 0.1) is 18.2 Å². The maximum atomic E-state index is 9.44. The largest absolute Gasteiger partial charge is 0.409 e. The number of aryl methyl sites for hydroxylation is 2. The van der Waals surface area contributed by atoms with E-state index in [-0.39, 0.29) is 18.5 Å². The predicted molar refractivity (Wildman–Crippen MR) is 73.7 cm³/mol. The molecule has 1 atom stereocenters. The number of anilines is 1. The highest BCUT2D eigenvalue weighted by Gasteiger charge is 2.28. The summed E-state index contributed by atoms with van der Waals surface area (Å²) in [5.74, 6) is 0.757. The van der Waals surface area contributed by atoms with Gasteiger partial charge >= 0.3 is 0 Å². The Kier molecular flexibility index (Phi) is 3.90. The number of nitrogens with two attached hydrogens (primary N) is 1. The fraction of sp³-hybridized carbons (Fsp3) is 0.538. The number of hydrogen-bond donors (Lipinski definition) is 3. The van der Waals surface area contributed by atoms with Crippen LogP contribution < -0.4 is 10.6 Å². The Hall–Kier alpha value is -1.82. The Labute approximate surface area is 112 Å². The standard InChI is InChI=1S/C13H20N4O2/c1-8-6-9(2)15-13(11(8)12(14)16-19)17-5-3-4-10(17)7-18/h6,10,18-19H,3-5,7H2,1-2H3,(H2,14,16). The summed E-state index contributed by atoms with van der Waals surface area (Å²) in [6, 6.07) is 1.96. The predicted octanol–water partition coefficient (Wildman–Crippen LogP) is 0.754. The molecule has 1 fully saturated rings. The number of aromatic nitrogens is 1. The van der Waals surface area contributed by atoms with Gasteiger partial charge < -0.3 is 20.9 Å². The molecule has 1 aromatic rings. The van der Waals surface area contributed by atoms with Crippen LogP contribution in [0.2, 0.25) is 0 Å². The van der Waals surface area contributed by atoms with Gasteiger partial charge in [0.25, 0.3) is 0 Å². The van der Waals surface area contributed by atoms with Crippen molar-refractivity contribution in [3.05, 3.63) is 22.9 Å². The van der Waals surface area contributed by atoms with Crippen LogP contribution in [-0.2, 0) is 0 Å². The van der Waals surface area contributed by atoms with Crippen LogP contribution in [0.25, 0.3) is 0 Å². The van der Waals surface area contributed by atoms with E-state index >= 15 is 0 Å². The maximum Gasteiger partial charge on any atom is 0.174 e. The van der Waals surface area contributed by atoms with Gasteiger partial charge in [-0.3, -0.25) is 0 Å². The number of rotatable bonds is 3. The molecule has 6 nitrogen and oxygen atoms in total. The molecule has 0 spiro atoms. The average molecular weight is 264 g/mol. The van der Waals surface area contributed by atoms with Crippen LogP contribution >= 0.6 is 0 Å². The SMILES string of the molecule is Cc1cc(C)c(/C(N)=N/O)c(N2CCCC2CO)n1. The summed E-state index contributed by atoms with van der Waals surface area (Å²) in [5, 5.41) is 21.5. The van der Waals surface area contributed by atoms with Gasteiger partial charge in [-0.15, -0.1) is 0 Å². The molecule has 0 aliphatic carbocycles. The number of pyridine rings is 1. The lowest BCUT2D eigenvalue weighted by atomic mass is 10.1. The number of aliphatic hydroxyl groups is 1. The van der Waals surface area contributed by atoms with E-state index in [1.165, 1.54) is 0 Å². The molecular formula is C13H20N4O2. The smallest absolute Gasteiger partial charge is 0.174 e. The van der Waals surface area contributed by atoms with Crippen molar-refractivity contribution >= 4 is 11.7 Å². The zero-order valence-corrected chi connectivity index (χ0v) is 11.3. The Morgan fingerprint density at radius 3 is 2.95 bits per heavy atom. The van der Waals surface area contributed by atoms with Gasteiger partial charge in [0.1, 0.15) is 5.82 Å². The van der Waals surface area contributed by atoms with Gasteiger partial charge in [-0.05, 0) is 38.3 Å². The summed E-state index contributed by atoms with van der Waals surface area (Å²) in [6.45, 7) is 4.74. The Morgan fingerprint density at radius 2 is 2.32 bits per heavy atom. The van der Waals surface area contributed by atoms with Crippen molar-refractivity contribution < 1.29 is 10.3 Å². The highest BCUT2D eigenvalue weighted by molar-refractivity contribution is 6.02. The van der Waals surface area contributed by atoms with Crippen LogP contribution in [-0.4, -0.2) is 40.3 Å². The first-order chi connectivity index (χ1) is 9.08. The minimum atomic E-state index is 0.0546. The van der Waals surface area contributed by atoms with Crippen molar-refractivity contribution in [2.24, 2.45) is 10.9 Å². The van der Waals surface area contributed by atoms with Crippen molar-refractivity contribution in [1.29, 1.82) is 0 Å². The molecule has 1 aliphatic heterocycles. The maximum absolute atomic E-state index is 9.44. The molecule has 2 rings (SSSR count). The minimum Gasteiger partial charge on any atom is -0.409 e. The fourth-order valence-electron chi connectivity index (χ4n) is 2.70. The summed E-state index contributed by atoms with van der Waals surface area (Å²) in [4.78, 5) is 6.58. The third-order valence-electron chi connectivity index (χ3n) is 3.55. The molecule has 1 unspecified atom stereocenters. The molecule has 1 saturated heterocycles. The van der Waals surface area contributed by atoms with Crippen molar-refractivity contribution in [3.8, 4) is 0 Å².